The molecule has 0 amide bonds. The number of rotatable bonds is 7. The van der Waals surface area contributed by atoms with E-state index < -0.39 is 10.5 Å². The minimum absolute atomic E-state index is 0.0711. The molecule has 37 heavy (non-hydrogen) atoms. The van der Waals surface area contributed by atoms with E-state index in [1.807, 2.05) is 38.2 Å². The molecule has 184 valence electrons. The van der Waals surface area contributed by atoms with E-state index in [4.69, 9.17) is 14.9 Å². The van der Waals surface area contributed by atoms with Crippen LogP contribution in [0.2, 0.25) is 0 Å². The molecule has 2 heterocycles. The molecule has 0 fully saturated rings. The number of aryl methyl sites for hydroxylation is 1. The zero-order valence-electron chi connectivity index (χ0n) is 20.2. The molecule has 0 saturated heterocycles. The number of benzene rings is 3. The van der Waals surface area contributed by atoms with Crippen LogP contribution in [-0.4, -0.2) is 21.1 Å². The Labute approximate surface area is 212 Å². The number of ether oxygens (including phenoxy) is 1. The number of nitriles is 1. The number of non-ortho nitro benzene ring substituents is 1. The first kappa shape index (κ1) is 23.8. The first-order chi connectivity index (χ1) is 17.8. The van der Waals surface area contributed by atoms with Crippen molar-refractivity contribution in [2.45, 2.75) is 12.5 Å². The molecule has 9 nitrogen and oxygen atoms in total. The van der Waals surface area contributed by atoms with Crippen molar-refractivity contribution >= 4 is 16.7 Å². The lowest BCUT2D eigenvalue weighted by molar-refractivity contribution is -0.384. The van der Waals surface area contributed by atoms with Crippen molar-refractivity contribution in [3.63, 3.8) is 0 Å². The molecule has 2 N–H and O–H groups in total. The number of imidazole rings is 1. The van der Waals surface area contributed by atoms with E-state index in [1.54, 1.807) is 47.4 Å². The number of hydrogen-bond acceptors (Lipinski definition) is 7. The second-order valence-electron chi connectivity index (χ2n) is 8.63. The summed E-state index contributed by atoms with van der Waals surface area (Å²) in [5, 5.41) is 21.6. The van der Waals surface area contributed by atoms with Gasteiger partial charge in [0.05, 0.1) is 41.4 Å². The third-order valence-corrected chi connectivity index (χ3v) is 6.35. The molecule has 3 aromatic carbocycles. The van der Waals surface area contributed by atoms with Gasteiger partial charge < -0.3 is 19.5 Å². The molecule has 9 heteroatoms. The van der Waals surface area contributed by atoms with Crippen molar-refractivity contribution in [1.82, 2.24) is 9.55 Å². The Kier molecular flexibility index (Phi) is 5.95. The van der Waals surface area contributed by atoms with Gasteiger partial charge in [-0.05, 0) is 48.4 Å². The van der Waals surface area contributed by atoms with Crippen LogP contribution in [0.1, 0.15) is 29.5 Å². The second kappa shape index (κ2) is 9.26. The fourth-order valence-electron chi connectivity index (χ4n) is 4.53. The fourth-order valence-corrected chi connectivity index (χ4v) is 4.53. The predicted molar refractivity (Wildman–Crippen MR) is 138 cm³/mol. The highest BCUT2D eigenvalue weighted by Gasteiger charge is 2.38. The number of aromatic nitrogens is 2. The monoisotopic (exact) mass is 493 g/mol. The molecule has 2 aromatic heterocycles. The van der Waals surface area contributed by atoms with E-state index >= 15 is 0 Å². The maximum absolute atomic E-state index is 11.8. The summed E-state index contributed by atoms with van der Waals surface area (Å²) in [7, 11) is 1.83. The number of nitro groups is 1. The normalized spacial score (nSPS) is 12.7. The third kappa shape index (κ3) is 4.09. The lowest BCUT2D eigenvalue weighted by Crippen LogP contribution is -2.40. The zero-order chi connectivity index (χ0) is 26.2. The van der Waals surface area contributed by atoms with Crippen LogP contribution >= 0.6 is 0 Å². The van der Waals surface area contributed by atoms with Crippen molar-refractivity contribution in [2.24, 2.45) is 12.8 Å². The standard InChI is InChI=1S/C28H23N5O4/c1-3-36-23-6-4-5-19(12-23)24-14-22(33(34)35)11-20-13-26(37-27(20)24)28(30,25-16-31-17-32(25)2)21-9-7-18(15-29)8-10-21/h4-14,16-17H,3,30H2,1-2H3. The van der Waals surface area contributed by atoms with Crippen molar-refractivity contribution < 1.29 is 14.1 Å². The molecule has 5 rings (SSSR count). The van der Waals surface area contributed by atoms with E-state index in [2.05, 4.69) is 11.1 Å². The van der Waals surface area contributed by atoms with Crippen molar-refractivity contribution in [3.8, 4) is 22.9 Å². The maximum atomic E-state index is 11.8. The van der Waals surface area contributed by atoms with Crippen LogP contribution < -0.4 is 10.5 Å². The SMILES string of the molecule is CCOc1cccc(-c2cc([N+](=O)[O-])cc3cc(C(N)(c4ccc(C#N)cc4)c4cncn4C)oc23)c1. The van der Waals surface area contributed by atoms with Gasteiger partial charge in [0.2, 0.25) is 0 Å². The van der Waals surface area contributed by atoms with Crippen LogP contribution in [0.4, 0.5) is 5.69 Å². The second-order valence-corrected chi connectivity index (χ2v) is 8.63. The first-order valence-corrected chi connectivity index (χ1v) is 11.6. The topological polar surface area (TPSA) is 133 Å². The molecule has 0 spiro atoms. The van der Waals surface area contributed by atoms with Crippen LogP contribution in [0.15, 0.2) is 83.7 Å². The van der Waals surface area contributed by atoms with Gasteiger partial charge in [0.15, 0.2) is 0 Å². The summed E-state index contributed by atoms with van der Waals surface area (Å²) in [6, 6.07) is 21.0. The quantitative estimate of drug-likeness (QED) is 0.241. The average Bonchev–Trinajstić information content (AvgIpc) is 3.55. The van der Waals surface area contributed by atoms with Gasteiger partial charge in [-0.25, -0.2) is 4.98 Å². The summed E-state index contributed by atoms with van der Waals surface area (Å²) in [6.07, 6.45) is 3.29. The Balaban J connectivity index is 1.78. The molecule has 0 aliphatic heterocycles. The Bertz CT molecular complexity index is 1660. The van der Waals surface area contributed by atoms with Gasteiger partial charge >= 0.3 is 0 Å². The molecule has 5 aromatic rings. The maximum Gasteiger partial charge on any atom is 0.270 e. The Morgan fingerprint density at radius 1 is 1.19 bits per heavy atom. The zero-order valence-corrected chi connectivity index (χ0v) is 20.2. The summed E-state index contributed by atoms with van der Waals surface area (Å²) in [5.41, 5.74) is 9.28. The molecule has 0 aliphatic carbocycles. The number of nitrogens with two attached hydrogens (primary N) is 1. The van der Waals surface area contributed by atoms with Crippen LogP contribution in [0, 0.1) is 21.4 Å². The van der Waals surface area contributed by atoms with E-state index in [-0.39, 0.29) is 5.69 Å². The van der Waals surface area contributed by atoms with E-state index in [0.29, 0.717) is 57.0 Å². The van der Waals surface area contributed by atoms with E-state index in [9.17, 15) is 15.4 Å². The first-order valence-electron chi connectivity index (χ1n) is 11.6. The van der Waals surface area contributed by atoms with Crippen molar-refractivity contribution in [3.05, 3.63) is 112 Å². The number of nitro benzene ring substituents is 1. The Morgan fingerprint density at radius 2 is 1.97 bits per heavy atom. The van der Waals surface area contributed by atoms with Gasteiger partial charge in [-0.15, -0.1) is 0 Å². The molecule has 0 saturated carbocycles. The highest BCUT2D eigenvalue weighted by Crippen LogP contribution is 2.41. The summed E-state index contributed by atoms with van der Waals surface area (Å²) in [4.78, 5) is 15.6. The lowest BCUT2D eigenvalue weighted by Gasteiger charge is -2.28. The number of nitrogens with zero attached hydrogens (tertiary/aromatic N) is 4. The average molecular weight is 494 g/mol. The molecule has 1 unspecified atom stereocenters. The highest BCUT2D eigenvalue weighted by molar-refractivity contribution is 5.95. The fraction of sp³-hybridized carbons (Fsp3) is 0.143. The third-order valence-electron chi connectivity index (χ3n) is 6.35. The summed E-state index contributed by atoms with van der Waals surface area (Å²) in [6.45, 7) is 2.38. The highest BCUT2D eigenvalue weighted by atomic mass is 16.6. The van der Waals surface area contributed by atoms with Crippen molar-refractivity contribution in [1.29, 1.82) is 5.26 Å². The number of fused-ring (bicyclic) bond motifs is 1. The van der Waals surface area contributed by atoms with Crippen molar-refractivity contribution in [2.75, 3.05) is 6.61 Å². The lowest BCUT2D eigenvalue weighted by atomic mass is 9.84. The Morgan fingerprint density at radius 3 is 2.62 bits per heavy atom. The van der Waals surface area contributed by atoms with Gasteiger partial charge in [0, 0.05) is 30.1 Å². The van der Waals surface area contributed by atoms with Gasteiger partial charge in [0.1, 0.15) is 22.6 Å². The van der Waals surface area contributed by atoms with Gasteiger partial charge in [-0.1, -0.05) is 24.3 Å². The molecule has 1 atom stereocenters. The summed E-state index contributed by atoms with van der Waals surface area (Å²) >= 11 is 0. The molecule has 0 bridgehead atoms. The van der Waals surface area contributed by atoms with Crippen LogP contribution in [0.3, 0.4) is 0 Å². The number of hydrogen-bond donors (Lipinski definition) is 1. The van der Waals surface area contributed by atoms with Gasteiger partial charge in [-0.3, -0.25) is 10.1 Å². The van der Waals surface area contributed by atoms with Crippen LogP contribution in [0.5, 0.6) is 5.75 Å². The summed E-state index contributed by atoms with van der Waals surface area (Å²) < 4.78 is 13.9. The smallest absolute Gasteiger partial charge is 0.270 e. The molecule has 0 radical (unpaired) electrons. The van der Waals surface area contributed by atoms with Crippen LogP contribution in [-0.2, 0) is 12.6 Å². The molecular weight excluding hydrogens is 470 g/mol. The van der Waals surface area contributed by atoms with Gasteiger partial charge in [-0.2, -0.15) is 5.26 Å². The minimum Gasteiger partial charge on any atom is -0.494 e. The summed E-state index contributed by atoms with van der Waals surface area (Å²) in [5.74, 6) is 1.02. The van der Waals surface area contributed by atoms with E-state index in [0.717, 1.165) is 0 Å². The molecule has 0 aliphatic rings. The van der Waals surface area contributed by atoms with E-state index in [1.165, 1.54) is 12.1 Å². The van der Waals surface area contributed by atoms with Gasteiger partial charge in [0.25, 0.3) is 5.69 Å². The molecular formula is C28H23N5O4. The minimum atomic E-state index is -1.29. The largest absolute Gasteiger partial charge is 0.494 e. The predicted octanol–water partition coefficient (Wildman–Crippen LogP) is 5.26. The Hall–Kier alpha value is -4.94. The van der Waals surface area contributed by atoms with Crippen LogP contribution in [0.25, 0.3) is 22.1 Å². The number of furan rings is 1.